The van der Waals surface area contributed by atoms with E-state index < -0.39 is 0 Å². The number of ketones is 2. The van der Waals surface area contributed by atoms with E-state index in [9.17, 15) is 14.4 Å². The zero-order valence-corrected chi connectivity index (χ0v) is 20.0. The summed E-state index contributed by atoms with van der Waals surface area (Å²) in [5.41, 5.74) is 5.09. The van der Waals surface area contributed by atoms with Crippen LogP contribution >= 0.6 is 0 Å². The van der Waals surface area contributed by atoms with E-state index in [-0.39, 0.29) is 23.8 Å². The summed E-state index contributed by atoms with van der Waals surface area (Å²) in [4.78, 5) is 31.1. The fourth-order valence-corrected chi connectivity index (χ4v) is 3.32. The van der Waals surface area contributed by atoms with Crippen LogP contribution < -0.4 is 0 Å². The van der Waals surface area contributed by atoms with Crippen LogP contribution in [0.5, 0.6) is 0 Å². The predicted octanol–water partition coefficient (Wildman–Crippen LogP) is 6.93. The van der Waals surface area contributed by atoms with Gasteiger partial charge in [-0.05, 0) is 74.7 Å². The molecule has 0 aromatic heterocycles. The Labute approximate surface area is 184 Å². The molecule has 0 amide bonds. The van der Waals surface area contributed by atoms with Crippen LogP contribution in [-0.4, -0.2) is 17.9 Å². The molecule has 0 saturated heterocycles. The van der Waals surface area contributed by atoms with E-state index in [0.29, 0.717) is 0 Å². The van der Waals surface area contributed by atoms with Crippen LogP contribution in [-0.2, 0) is 14.4 Å². The van der Waals surface area contributed by atoms with Gasteiger partial charge in [-0.25, -0.2) is 0 Å². The van der Waals surface area contributed by atoms with Crippen molar-refractivity contribution >= 4 is 17.9 Å². The van der Waals surface area contributed by atoms with Crippen LogP contribution in [0.25, 0.3) is 0 Å². The Morgan fingerprint density at radius 3 is 1.57 bits per heavy atom. The van der Waals surface area contributed by atoms with Crippen LogP contribution in [0.1, 0.15) is 69.7 Å². The Balaban J connectivity index is 0. The molecule has 2 rings (SSSR count). The molecule has 0 aromatic carbocycles. The fraction of sp³-hybridized carbons (Fsp3) is 0.444. The summed E-state index contributed by atoms with van der Waals surface area (Å²) < 4.78 is 0. The molecule has 0 unspecified atom stereocenters. The number of hydrogen-bond donors (Lipinski definition) is 0. The van der Waals surface area contributed by atoms with Crippen molar-refractivity contribution in [1.82, 2.24) is 0 Å². The van der Waals surface area contributed by atoms with Gasteiger partial charge in [0.25, 0.3) is 0 Å². The van der Waals surface area contributed by atoms with Crippen molar-refractivity contribution in [2.24, 2.45) is 10.8 Å². The third-order valence-electron chi connectivity index (χ3n) is 5.01. The molecule has 0 aromatic rings. The first-order chi connectivity index (χ1) is 13.7. The second-order valence-corrected chi connectivity index (χ2v) is 9.27. The first-order valence-corrected chi connectivity index (χ1v) is 10.3. The van der Waals surface area contributed by atoms with Gasteiger partial charge in [0.1, 0.15) is 6.29 Å². The molecule has 0 spiro atoms. The maximum absolute atomic E-state index is 10.8. The molecule has 166 valence electrons. The fourth-order valence-electron chi connectivity index (χ4n) is 3.32. The standard InChI is InChI=1S/C13H18O.C10H14O.C4H6O.H2/c1-10-5-7-12(8-6-11(2)14)13(3,4)9-10;1-8-4-5-9(7-11)10(2,3)6-8;1-3-4(2)5;/h5-8H,9H2,1-4H3;4-5,7H,6H2,1-3H3;3H,1H2,2H3;1H/b8-6+;;;/i;;;1+1. The quantitative estimate of drug-likeness (QED) is 0.371. The minimum atomic E-state index is 0. The molecule has 0 N–H and O–H groups in total. The molecule has 0 radical (unpaired) electrons. The van der Waals surface area contributed by atoms with Crippen molar-refractivity contribution in [2.75, 3.05) is 0 Å². The highest BCUT2D eigenvalue weighted by Crippen LogP contribution is 2.37. The minimum absolute atomic E-state index is 0. The predicted molar refractivity (Wildman–Crippen MR) is 129 cm³/mol. The second kappa shape index (κ2) is 12.2. The van der Waals surface area contributed by atoms with E-state index in [1.165, 1.54) is 29.7 Å². The van der Waals surface area contributed by atoms with E-state index in [2.05, 4.69) is 60.3 Å². The Morgan fingerprint density at radius 2 is 1.27 bits per heavy atom. The SMILES string of the molecule is C=CC(C)=O.CC(=O)/C=C/C1=CC=C(C)CC1(C)C.CC1=CC=C(C=O)C(C)(C)C1.[2HH]. The van der Waals surface area contributed by atoms with Crippen LogP contribution in [0.15, 0.2) is 71.4 Å². The zero-order chi connectivity index (χ0) is 23.5. The molecule has 30 heavy (non-hydrogen) atoms. The van der Waals surface area contributed by atoms with Crippen LogP contribution in [0, 0.1) is 10.8 Å². The summed E-state index contributed by atoms with van der Waals surface area (Å²) in [7, 11) is 0. The molecule has 0 atom stereocenters. The normalized spacial score (nSPS) is 18.8. The summed E-state index contributed by atoms with van der Waals surface area (Å²) in [5, 5.41) is 0. The van der Waals surface area contributed by atoms with Crippen LogP contribution in [0.2, 0.25) is 0 Å². The lowest BCUT2D eigenvalue weighted by atomic mass is 9.75. The van der Waals surface area contributed by atoms with E-state index >= 15 is 0 Å². The van der Waals surface area contributed by atoms with Crippen molar-refractivity contribution in [3.05, 3.63) is 71.4 Å². The molecule has 0 bridgehead atoms. The lowest BCUT2D eigenvalue weighted by Crippen LogP contribution is -2.18. The zero-order valence-electron chi connectivity index (χ0n) is 20.0. The highest BCUT2D eigenvalue weighted by Gasteiger charge is 2.25. The first kappa shape index (κ1) is 27.5. The molecule has 0 fully saturated rings. The molecule has 2 aliphatic carbocycles. The number of rotatable bonds is 4. The monoisotopic (exact) mass is 413 g/mol. The number of carbonyl (C=O) groups is 3. The highest BCUT2D eigenvalue weighted by molar-refractivity contribution is 5.87. The van der Waals surface area contributed by atoms with E-state index in [1.807, 2.05) is 18.2 Å². The summed E-state index contributed by atoms with van der Waals surface area (Å²) in [6, 6.07) is 0. The molecule has 3 heteroatoms. The van der Waals surface area contributed by atoms with Crippen molar-refractivity contribution in [3.63, 3.8) is 0 Å². The van der Waals surface area contributed by atoms with Crippen LogP contribution in [0.4, 0.5) is 0 Å². The van der Waals surface area contributed by atoms with Gasteiger partial charge in [0.2, 0.25) is 0 Å². The highest BCUT2D eigenvalue weighted by atomic mass is 16.1. The molecule has 3 nitrogen and oxygen atoms in total. The topological polar surface area (TPSA) is 51.2 Å². The number of aldehydes is 1. The Hall–Kier alpha value is -2.55. The van der Waals surface area contributed by atoms with E-state index in [1.54, 1.807) is 13.0 Å². The average molecular weight is 414 g/mol. The Kier molecular flexibility index (Phi) is 11.2. The maximum Gasteiger partial charge on any atom is 0.152 e. The van der Waals surface area contributed by atoms with Gasteiger partial charge in [0.05, 0.1) is 0 Å². The first-order valence-electron chi connectivity index (χ1n) is 10.3. The Bertz CT molecular complexity index is 815. The lowest BCUT2D eigenvalue weighted by molar-refractivity contribution is -0.113. The van der Waals surface area contributed by atoms with E-state index in [0.717, 1.165) is 24.7 Å². The maximum atomic E-state index is 10.8. The summed E-state index contributed by atoms with van der Waals surface area (Å²) in [6.07, 6.45) is 16.1. The van der Waals surface area contributed by atoms with Crippen LogP contribution in [0.3, 0.4) is 0 Å². The largest absolute Gasteiger partial charge is 0.298 e. The summed E-state index contributed by atoms with van der Waals surface area (Å²) in [6.45, 7) is 19.1. The van der Waals surface area contributed by atoms with Crippen molar-refractivity contribution in [1.29, 1.82) is 0 Å². The molecule has 2 aliphatic rings. The van der Waals surface area contributed by atoms with Gasteiger partial charge in [-0.3, -0.25) is 14.4 Å². The van der Waals surface area contributed by atoms with Gasteiger partial charge >= 0.3 is 0 Å². The molecule has 0 heterocycles. The van der Waals surface area contributed by atoms with Crippen molar-refractivity contribution in [3.8, 4) is 0 Å². The molecule has 0 aliphatic heterocycles. The smallest absolute Gasteiger partial charge is 0.152 e. The molecular weight excluding hydrogens is 372 g/mol. The number of hydrogen-bond acceptors (Lipinski definition) is 3. The Morgan fingerprint density at radius 1 is 0.867 bits per heavy atom. The van der Waals surface area contributed by atoms with Crippen molar-refractivity contribution in [2.45, 2.75) is 68.2 Å². The average Bonchev–Trinajstić information content (AvgIpc) is 2.60. The van der Waals surface area contributed by atoms with Gasteiger partial charge in [-0.15, -0.1) is 0 Å². The van der Waals surface area contributed by atoms with E-state index in [4.69, 9.17) is 0 Å². The third-order valence-corrected chi connectivity index (χ3v) is 5.01. The number of carbonyl (C=O) groups excluding carboxylic acids is 3. The minimum Gasteiger partial charge on any atom is -0.298 e. The summed E-state index contributed by atoms with van der Waals surface area (Å²) in [5.74, 6) is 0.123. The number of allylic oxidation sites excluding steroid dienone is 11. The van der Waals surface area contributed by atoms with Gasteiger partial charge < -0.3 is 0 Å². The van der Waals surface area contributed by atoms with Gasteiger partial charge in [0.15, 0.2) is 11.6 Å². The second-order valence-electron chi connectivity index (χ2n) is 9.27. The summed E-state index contributed by atoms with van der Waals surface area (Å²) >= 11 is 0. The van der Waals surface area contributed by atoms with Gasteiger partial charge in [-0.1, -0.05) is 75.8 Å². The third kappa shape index (κ3) is 10.3. The van der Waals surface area contributed by atoms with Crippen molar-refractivity contribution < 1.29 is 15.8 Å². The van der Waals surface area contributed by atoms with Gasteiger partial charge in [-0.2, -0.15) is 0 Å². The van der Waals surface area contributed by atoms with Gasteiger partial charge in [0, 0.05) is 1.43 Å². The molecule has 0 saturated carbocycles. The molecular formula is C27H40O3. The lowest BCUT2D eigenvalue weighted by Gasteiger charge is -2.29.